The summed E-state index contributed by atoms with van der Waals surface area (Å²) in [6.45, 7) is 0.828. The van der Waals surface area contributed by atoms with Crippen molar-refractivity contribution >= 4 is 6.02 Å². The van der Waals surface area contributed by atoms with Gasteiger partial charge in [0, 0.05) is 11.8 Å². The third-order valence-electron chi connectivity index (χ3n) is 4.37. The fraction of sp³-hybridized carbons (Fsp3) is 0.909. The Morgan fingerprint density at radius 1 is 1.14 bits per heavy atom. The highest BCUT2D eigenvalue weighted by Crippen LogP contribution is 2.50. The van der Waals surface area contributed by atoms with Gasteiger partial charge in [-0.1, -0.05) is 12.8 Å². The monoisotopic (exact) mass is 194 g/mol. The minimum absolute atomic E-state index is 0.0284. The van der Waals surface area contributed by atoms with E-state index in [4.69, 9.17) is 10.5 Å². The predicted octanol–water partition coefficient (Wildman–Crippen LogP) is 1.67. The molecule has 0 aromatic heterocycles. The molecule has 0 amide bonds. The van der Waals surface area contributed by atoms with E-state index < -0.39 is 0 Å². The predicted molar refractivity (Wildman–Crippen MR) is 55.0 cm³/mol. The number of amidine groups is 1. The van der Waals surface area contributed by atoms with Crippen molar-refractivity contribution in [2.45, 2.75) is 44.1 Å². The van der Waals surface area contributed by atoms with E-state index in [-0.39, 0.29) is 5.60 Å². The molecule has 0 unspecified atom stereocenters. The third-order valence-corrected chi connectivity index (χ3v) is 4.37. The van der Waals surface area contributed by atoms with Gasteiger partial charge in [-0.15, -0.1) is 0 Å². The van der Waals surface area contributed by atoms with Gasteiger partial charge in [-0.25, -0.2) is 4.99 Å². The summed E-state index contributed by atoms with van der Waals surface area (Å²) in [5, 5.41) is 0. The lowest BCUT2D eigenvalue weighted by molar-refractivity contribution is -0.0869. The van der Waals surface area contributed by atoms with E-state index in [1.54, 1.807) is 0 Å². The molecule has 3 rings (SSSR count). The van der Waals surface area contributed by atoms with Crippen molar-refractivity contribution in [2.24, 2.45) is 22.6 Å². The van der Waals surface area contributed by atoms with Crippen molar-refractivity contribution in [2.75, 3.05) is 6.54 Å². The molecule has 0 aromatic carbocycles. The Hall–Kier alpha value is -0.730. The molecule has 2 fully saturated rings. The van der Waals surface area contributed by atoms with Crippen LogP contribution in [0.15, 0.2) is 4.99 Å². The molecule has 1 heterocycles. The Bertz CT molecular complexity index is 252. The van der Waals surface area contributed by atoms with E-state index in [1.165, 1.54) is 38.5 Å². The van der Waals surface area contributed by atoms with E-state index in [0.717, 1.165) is 18.4 Å². The molecule has 2 saturated carbocycles. The SMILES string of the molecule is NC1=NCC(C2CCC2)(C2CCC2)O1. The van der Waals surface area contributed by atoms with Crippen molar-refractivity contribution < 1.29 is 4.74 Å². The zero-order valence-electron chi connectivity index (χ0n) is 8.54. The molecule has 78 valence electrons. The zero-order chi connectivity index (χ0) is 9.60. The van der Waals surface area contributed by atoms with Crippen molar-refractivity contribution in [1.82, 2.24) is 0 Å². The zero-order valence-corrected chi connectivity index (χ0v) is 8.54. The van der Waals surface area contributed by atoms with Crippen LogP contribution < -0.4 is 5.73 Å². The fourth-order valence-electron chi connectivity index (χ4n) is 3.01. The smallest absolute Gasteiger partial charge is 0.282 e. The van der Waals surface area contributed by atoms with E-state index in [0.29, 0.717) is 6.02 Å². The summed E-state index contributed by atoms with van der Waals surface area (Å²) in [5.41, 5.74) is 5.70. The molecular weight excluding hydrogens is 176 g/mol. The second kappa shape index (κ2) is 2.88. The lowest BCUT2D eigenvalue weighted by Crippen LogP contribution is -2.53. The van der Waals surface area contributed by atoms with Gasteiger partial charge >= 0.3 is 0 Å². The number of aliphatic imine (C=N–C) groups is 1. The summed E-state index contributed by atoms with van der Waals surface area (Å²) in [4.78, 5) is 4.27. The third kappa shape index (κ3) is 1.01. The highest BCUT2D eigenvalue weighted by atomic mass is 16.5. The molecule has 0 bridgehead atoms. The van der Waals surface area contributed by atoms with Crippen LogP contribution in [0.2, 0.25) is 0 Å². The van der Waals surface area contributed by atoms with Crippen LogP contribution in [0.3, 0.4) is 0 Å². The first-order valence-corrected chi connectivity index (χ1v) is 5.80. The molecule has 14 heavy (non-hydrogen) atoms. The van der Waals surface area contributed by atoms with E-state index in [1.807, 2.05) is 0 Å². The van der Waals surface area contributed by atoms with E-state index in [2.05, 4.69) is 4.99 Å². The molecule has 0 radical (unpaired) electrons. The molecular formula is C11H18N2O. The van der Waals surface area contributed by atoms with Crippen molar-refractivity contribution in [3.63, 3.8) is 0 Å². The summed E-state index contributed by atoms with van der Waals surface area (Å²) < 4.78 is 5.88. The Morgan fingerprint density at radius 3 is 2.00 bits per heavy atom. The van der Waals surface area contributed by atoms with Gasteiger partial charge in [0.2, 0.25) is 0 Å². The molecule has 3 aliphatic rings. The van der Waals surface area contributed by atoms with Crippen LogP contribution in [0.5, 0.6) is 0 Å². The number of nitrogens with two attached hydrogens (primary N) is 1. The first kappa shape index (κ1) is 8.57. The van der Waals surface area contributed by atoms with E-state index >= 15 is 0 Å². The van der Waals surface area contributed by atoms with Gasteiger partial charge in [-0.3, -0.25) is 0 Å². The first-order valence-electron chi connectivity index (χ1n) is 5.80. The van der Waals surface area contributed by atoms with Crippen molar-refractivity contribution in [1.29, 1.82) is 0 Å². The molecule has 2 N–H and O–H groups in total. The molecule has 0 spiro atoms. The van der Waals surface area contributed by atoms with Gasteiger partial charge in [-0.2, -0.15) is 0 Å². The molecule has 3 nitrogen and oxygen atoms in total. The number of nitrogens with zero attached hydrogens (tertiary/aromatic N) is 1. The van der Waals surface area contributed by atoms with Crippen LogP contribution in [0.25, 0.3) is 0 Å². The summed E-state index contributed by atoms with van der Waals surface area (Å²) >= 11 is 0. The van der Waals surface area contributed by atoms with Crippen LogP contribution >= 0.6 is 0 Å². The maximum Gasteiger partial charge on any atom is 0.282 e. The topological polar surface area (TPSA) is 47.6 Å². The average molecular weight is 194 g/mol. The summed E-state index contributed by atoms with van der Waals surface area (Å²) in [5.74, 6) is 1.47. The van der Waals surface area contributed by atoms with Crippen LogP contribution in [0.1, 0.15) is 38.5 Å². The van der Waals surface area contributed by atoms with Crippen LogP contribution in [0.4, 0.5) is 0 Å². The Kier molecular flexibility index (Phi) is 1.76. The maximum atomic E-state index is 5.88. The molecule has 1 aliphatic heterocycles. The second-order valence-electron chi connectivity index (χ2n) is 4.97. The second-order valence-corrected chi connectivity index (χ2v) is 4.97. The molecule has 2 aliphatic carbocycles. The normalized spacial score (nSPS) is 31.6. The summed E-state index contributed by atoms with van der Waals surface area (Å²) in [6.07, 6.45) is 8.00. The van der Waals surface area contributed by atoms with Gasteiger partial charge in [0.15, 0.2) is 0 Å². The van der Waals surface area contributed by atoms with Gasteiger partial charge < -0.3 is 10.5 Å². The highest BCUT2D eigenvalue weighted by Gasteiger charge is 2.53. The van der Waals surface area contributed by atoms with Gasteiger partial charge in [0.05, 0.1) is 6.54 Å². The van der Waals surface area contributed by atoms with Crippen LogP contribution in [-0.2, 0) is 4.74 Å². The quantitative estimate of drug-likeness (QED) is 0.727. The first-order chi connectivity index (χ1) is 6.81. The average Bonchev–Trinajstić information content (AvgIpc) is 2.24. The lowest BCUT2D eigenvalue weighted by atomic mass is 9.61. The summed E-state index contributed by atoms with van der Waals surface area (Å²) in [6, 6.07) is 0.434. The Morgan fingerprint density at radius 2 is 1.71 bits per heavy atom. The van der Waals surface area contributed by atoms with Crippen molar-refractivity contribution in [3.8, 4) is 0 Å². The number of hydrogen-bond acceptors (Lipinski definition) is 3. The van der Waals surface area contributed by atoms with Gasteiger partial charge in [0.1, 0.15) is 5.60 Å². The van der Waals surface area contributed by atoms with Gasteiger partial charge in [-0.05, 0) is 25.7 Å². The van der Waals surface area contributed by atoms with Gasteiger partial charge in [0.25, 0.3) is 6.02 Å². The Balaban J connectivity index is 1.80. The van der Waals surface area contributed by atoms with Crippen LogP contribution in [-0.4, -0.2) is 18.2 Å². The number of rotatable bonds is 2. The van der Waals surface area contributed by atoms with Crippen molar-refractivity contribution in [3.05, 3.63) is 0 Å². The molecule has 3 heteroatoms. The fourth-order valence-corrected chi connectivity index (χ4v) is 3.01. The standard InChI is InChI=1S/C11H18N2O/c12-10-13-7-11(14-10,8-3-1-4-8)9-5-2-6-9/h8-9H,1-7H2,(H2,12,13). The lowest BCUT2D eigenvalue weighted by Gasteiger charge is -2.49. The molecule has 0 atom stereocenters. The summed E-state index contributed by atoms with van der Waals surface area (Å²) in [7, 11) is 0. The molecule has 0 saturated heterocycles. The number of ether oxygens (including phenoxy) is 1. The largest absolute Gasteiger partial charge is 0.456 e. The maximum absolute atomic E-state index is 5.88. The minimum Gasteiger partial charge on any atom is -0.456 e. The minimum atomic E-state index is 0.0284. The van der Waals surface area contributed by atoms with Crippen LogP contribution in [0, 0.1) is 11.8 Å². The number of hydrogen-bond donors (Lipinski definition) is 1. The van der Waals surface area contributed by atoms with E-state index in [9.17, 15) is 0 Å². The Labute approximate surface area is 84.7 Å². The molecule has 0 aromatic rings. The highest BCUT2D eigenvalue weighted by molar-refractivity contribution is 5.73.